The normalized spacial score (nSPS) is 27.3. The second-order valence-corrected chi connectivity index (χ2v) is 7.05. The third-order valence-electron chi connectivity index (χ3n) is 4.18. The number of likely N-dealkylation sites (tertiary alicyclic amines) is 2. The Morgan fingerprint density at radius 1 is 1.48 bits per heavy atom. The van der Waals surface area contributed by atoms with Crippen molar-refractivity contribution in [2.45, 2.75) is 29.8 Å². The lowest BCUT2D eigenvalue weighted by Gasteiger charge is -2.25. The maximum atomic E-state index is 12.4. The van der Waals surface area contributed by atoms with E-state index in [0.29, 0.717) is 19.5 Å². The Morgan fingerprint density at radius 3 is 2.70 bits per heavy atom. The summed E-state index contributed by atoms with van der Waals surface area (Å²) in [6, 6.07) is -0.760. The molecule has 3 amide bonds. The van der Waals surface area contributed by atoms with Crippen LogP contribution in [-0.4, -0.2) is 83.3 Å². The molecule has 0 radical (unpaired) electrons. The van der Waals surface area contributed by atoms with E-state index in [9.17, 15) is 14.4 Å². The summed E-state index contributed by atoms with van der Waals surface area (Å²) in [5.41, 5.74) is 0. The molecular formula is C15H22BrN3O4. The van der Waals surface area contributed by atoms with Gasteiger partial charge in [0.2, 0.25) is 11.8 Å². The second kappa shape index (κ2) is 7.33. The number of hydrogen-bond acceptors (Lipinski definition) is 4. The number of hydrogen-bond donors (Lipinski definition) is 0. The van der Waals surface area contributed by atoms with Crippen molar-refractivity contribution in [3.05, 3.63) is 12.7 Å². The van der Waals surface area contributed by atoms with E-state index in [1.165, 1.54) is 15.9 Å². The van der Waals surface area contributed by atoms with Gasteiger partial charge in [-0.15, -0.1) is 0 Å². The molecule has 0 aliphatic carbocycles. The van der Waals surface area contributed by atoms with Gasteiger partial charge >= 0.3 is 6.09 Å². The van der Waals surface area contributed by atoms with Crippen LogP contribution in [-0.2, 0) is 14.3 Å². The Kier molecular flexibility index (Phi) is 5.67. The summed E-state index contributed by atoms with van der Waals surface area (Å²) in [7, 11) is 3.30. The molecule has 2 fully saturated rings. The lowest BCUT2D eigenvalue weighted by atomic mass is 10.1. The van der Waals surface area contributed by atoms with E-state index in [0.717, 1.165) is 6.42 Å². The van der Waals surface area contributed by atoms with Crippen LogP contribution in [0.3, 0.4) is 0 Å². The molecule has 0 saturated carbocycles. The van der Waals surface area contributed by atoms with Gasteiger partial charge in [-0.25, -0.2) is 4.79 Å². The van der Waals surface area contributed by atoms with Gasteiger partial charge in [0, 0.05) is 27.2 Å². The quantitative estimate of drug-likeness (QED) is 0.529. The molecule has 3 atom stereocenters. The third-order valence-corrected chi connectivity index (χ3v) is 5.03. The van der Waals surface area contributed by atoms with Crippen LogP contribution >= 0.6 is 15.9 Å². The summed E-state index contributed by atoms with van der Waals surface area (Å²) in [4.78, 5) is 41.3. The number of amides is 3. The first-order valence-electron chi connectivity index (χ1n) is 7.56. The maximum Gasteiger partial charge on any atom is 0.410 e. The van der Waals surface area contributed by atoms with Crippen molar-refractivity contribution in [2.24, 2.45) is 0 Å². The molecular weight excluding hydrogens is 366 g/mol. The van der Waals surface area contributed by atoms with Crippen molar-refractivity contribution in [1.29, 1.82) is 0 Å². The van der Waals surface area contributed by atoms with Gasteiger partial charge in [-0.2, -0.15) is 0 Å². The van der Waals surface area contributed by atoms with Gasteiger partial charge < -0.3 is 14.5 Å². The highest BCUT2D eigenvalue weighted by molar-refractivity contribution is 9.10. The minimum atomic E-state index is -0.602. The van der Waals surface area contributed by atoms with Gasteiger partial charge in [0.25, 0.3) is 0 Å². The van der Waals surface area contributed by atoms with Crippen LogP contribution in [0.5, 0.6) is 0 Å². The Balaban J connectivity index is 2.14. The van der Waals surface area contributed by atoms with Crippen LogP contribution in [0.1, 0.15) is 12.8 Å². The number of nitrogens with zero attached hydrogens (tertiary/aromatic N) is 3. The number of rotatable bonds is 4. The molecule has 0 aromatic heterocycles. The molecule has 2 aliphatic rings. The van der Waals surface area contributed by atoms with Crippen molar-refractivity contribution >= 4 is 33.8 Å². The van der Waals surface area contributed by atoms with Crippen molar-refractivity contribution in [3.63, 3.8) is 0 Å². The average Bonchev–Trinajstić information content (AvgIpc) is 3.09. The summed E-state index contributed by atoms with van der Waals surface area (Å²) in [5.74, 6) is -0.141. The first-order valence-corrected chi connectivity index (χ1v) is 8.48. The fourth-order valence-corrected chi connectivity index (χ4v) is 3.48. The second-order valence-electron chi connectivity index (χ2n) is 5.94. The van der Waals surface area contributed by atoms with E-state index in [2.05, 4.69) is 22.5 Å². The van der Waals surface area contributed by atoms with Gasteiger partial charge in [0.15, 0.2) is 0 Å². The molecule has 2 aliphatic heterocycles. The summed E-state index contributed by atoms with van der Waals surface area (Å²) < 4.78 is 5.08. The Labute approximate surface area is 144 Å². The molecule has 128 valence electrons. The van der Waals surface area contributed by atoms with Gasteiger partial charge in [-0.1, -0.05) is 28.6 Å². The van der Waals surface area contributed by atoms with Gasteiger partial charge in [0.1, 0.15) is 12.6 Å². The van der Waals surface area contributed by atoms with Crippen molar-refractivity contribution in [2.75, 3.05) is 33.8 Å². The number of alkyl halides is 1. The van der Waals surface area contributed by atoms with Crippen molar-refractivity contribution < 1.29 is 19.1 Å². The predicted octanol–water partition coefficient (Wildman–Crippen LogP) is 0.836. The fourth-order valence-electron chi connectivity index (χ4n) is 3.02. The molecule has 8 heteroatoms. The van der Waals surface area contributed by atoms with Gasteiger partial charge in [-0.05, 0) is 12.8 Å². The van der Waals surface area contributed by atoms with E-state index < -0.39 is 12.1 Å². The Hall–Kier alpha value is -1.57. The standard InChI is InChI=1S/C15H22BrN3O4/c1-4-7-23-15(22)19-9-10(8-12(19)14(21)17(2)3)18-6-5-11(16)13(18)20/h4,10-12H,1,5-9H2,2-3H3/t10-,11-,12-/m0/s1. The van der Waals surface area contributed by atoms with Crippen LogP contribution in [0.2, 0.25) is 0 Å². The molecule has 2 rings (SSSR count). The molecule has 7 nitrogen and oxygen atoms in total. The van der Waals surface area contributed by atoms with E-state index in [4.69, 9.17) is 4.74 Å². The van der Waals surface area contributed by atoms with Crippen LogP contribution in [0.15, 0.2) is 12.7 Å². The highest BCUT2D eigenvalue weighted by Crippen LogP contribution is 2.29. The lowest BCUT2D eigenvalue weighted by Crippen LogP contribution is -2.45. The van der Waals surface area contributed by atoms with E-state index in [1.807, 2.05) is 0 Å². The maximum absolute atomic E-state index is 12.4. The molecule has 0 aromatic carbocycles. The van der Waals surface area contributed by atoms with E-state index >= 15 is 0 Å². The molecule has 0 bridgehead atoms. The van der Waals surface area contributed by atoms with Crippen LogP contribution in [0.25, 0.3) is 0 Å². The highest BCUT2D eigenvalue weighted by atomic mass is 79.9. The van der Waals surface area contributed by atoms with Gasteiger partial charge in [-0.3, -0.25) is 14.5 Å². The van der Waals surface area contributed by atoms with E-state index in [1.54, 1.807) is 19.0 Å². The Bertz CT molecular complexity index is 511. The zero-order chi connectivity index (χ0) is 17.1. The minimum Gasteiger partial charge on any atom is -0.445 e. The molecule has 2 saturated heterocycles. The molecule has 0 N–H and O–H groups in total. The fraction of sp³-hybridized carbons (Fsp3) is 0.667. The first-order chi connectivity index (χ1) is 10.9. The monoisotopic (exact) mass is 387 g/mol. The molecule has 23 heavy (non-hydrogen) atoms. The van der Waals surface area contributed by atoms with Crippen LogP contribution < -0.4 is 0 Å². The number of ether oxygens (including phenoxy) is 1. The zero-order valence-corrected chi connectivity index (χ0v) is 15.0. The molecule has 0 aromatic rings. The van der Waals surface area contributed by atoms with Crippen LogP contribution in [0, 0.1) is 0 Å². The highest BCUT2D eigenvalue weighted by Gasteiger charge is 2.46. The molecule has 0 unspecified atom stereocenters. The topological polar surface area (TPSA) is 70.2 Å². The third kappa shape index (κ3) is 3.68. The SMILES string of the molecule is C=CCOC(=O)N1C[C@@H](N2CC[C@H](Br)C2=O)C[C@H]1C(=O)N(C)C. The van der Waals surface area contributed by atoms with Gasteiger partial charge in [0.05, 0.1) is 10.9 Å². The number of likely N-dealkylation sites (N-methyl/N-ethyl adjacent to an activating group) is 1. The lowest BCUT2D eigenvalue weighted by molar-refractivity contribution is -0.133. The number of carbonyl (C=O) groups excluding carboxylic acids is 3. The van der Waals surface area contributed by atoms with E-state index in [-0.39, 0.29) is 29.3 Å². The molecule has 2 heterocycles. The summed E-state index contributed by atoms with van der Waals surface area (Å²) in [6.45, 7) is 4.55. The number of halogens is 1. The number of carbonyl (C=O) groups is 3. The summed E-state index contributed by atoms with van der Waals surface area (Å²) in [6.07, 6.45) is 2.11. The summed E-state index contributed by atoms with van der Waals surface area (Å²) in [5, 5.41) is 0. The van der Waals surface area contributed by atoms with Crippen molar-refractivity contribution in [1.82, 2.24) is 14.7 Å². The predicted molar refractivity (Wildman–Crippen MR) is 88.2 cm³/mol. The molecule has 0 spiro atoms. The van der Waals surface area contributed by atoms with Crippen molar-refractivity contribution in [3.8, 4) is 0 Å². The van der Waals surface area contributed by atoms with Crippen LogP contribution in [0.4, 0.5) is 4.79 Å². The largest absolute Gasteiger partial charge is 0.445 e. The minimum absolute atomic E-state index is 0.0207. The Morgan fingerprint density at radius 2 is 2.17 bits per heavy atom. The summed E-state index contributed by atoms with van der Waals surface area (Å²) >= 11 is 3.35. The zero-order valence-electron chi connectivity index (χ0n) is 13.4. The smallest absolute Gasteiger partial charge is 0.410 e. The first kappa shape index (κ1) is 17.8. The average molecular weight is 388 g/mol.